The molecule has 0 amide bonds. The molecular weight excluding hydrogens is 180 g/mol. The van der Waals surface area contributed by atoms with Crippen molar-refractivity contribution in [3.8, 4) is 0 Å². The second-order valence-electron chi connectivity index (χ2n) is 4.11. The molecule has 0 aromatic carbocycles. The Morgan fingerprint density at radius 2 is 2.21 bits per heavy atom. The van der Waals surface area contributed by atoms with E-state index in [9.17, 15) is 4.79 Å². The number of rotatable bonds is 3. The van der Waals surface area contributed by atoms with E-state index in [0.717, 1.165) is 19.6 Å². The molecule has 82 valence electrons. The van der Waals surface area contributed by atoms with Crippen LogP contribution in [0.3, 0.4) is 0 Å². The quantitative estimate of drug-likeness (QED) is 0.720. The fraction of sp³-hybridized carbons (Fsp3) is 0.900. The number of piperazine rings is 1. The van der Waals surface area contributed by atoms with E-state index in [1.54, 1.807) is 0 Å². The van der Waals surface area contributed by atoms with Crippen LogP contribution in [-0.4, -0.2) is 59.6 Å². The molecule has 1 rings (SSSR count). The highest BCUT2D eigenvalue weighted by Crippen LogP contribution is 2.14. The molecule has 1 fully saturated rings. The lowest BCUT2D eigenvalue weighted by atomic mass is 10.1. The Balaban J connectivity index is 2.62. The molecule has 2 atom stereocenters. The molecule has 0 radical (unpaired) electrons. The van der Waals surface area contributed by atoms with E-state index in [-0.39, 0.29) is 6.04 Å². The topological polar surface area (TPSA) is 43.8 Å². The number of hydrogen-bond donors (Lipinski definition) is 1. The van der Waals surface area contributed by atoms with Crippen molar-refractivity contribution in [3.05, 3.63) is 0 Å². The van der Waals surface area contributed by atoms with Gasteiger partial charge in [-0.05, 0) is 20.4 Å². The summed E-state index contributed by atoms with van der Waals surface area (Å²) in [5.41, 5.74) is 0. The second-order valence-corrected chi connectivity index (χ2v) is 4.11. The van der Waals surface area contributed by atoms with E-state index in [2.05, 4.69) is 23.8 Å². The zero-order chi connectivity index (χ0) is 10.7. The van der Waals surface area contributed by atoms with Crippen molar-refractivity contribution in [2.45, 2.75) is 32.4 Å². The van der Waals surface area contributed by atoms with Crippen LogP contribution >= 0.6 is 0 Å². The number of carboxylic acids is 1. The van der Waals surface area contributed by atoms with Crippen molar-refractivity contribution < 1.29 is 9.90 Å². The van der Waals surface area contributed by atoms with Gasteiger partial charge < -0.3 is 10.0 Å². The first-order valence-electron chi connectivity index (χ1n) is 5.23. The molecule has 2 unspecified atom stereocenters. The molecule has 0 aromatic heterocycles. The molecule has 4 nitrogen and oxygen atoms in total. The third kappa shape index (κ3) is 2.45. The number of nitrogens with zero attached hydrogens (tertiary/aromatic N) is 2. The van der Waals surface area contributed by atoms with Crippen molar-refractivity contribution >= 4 is 5.97 Å². The molecule has 0 saturated carbocycles. The molecule has 1 saturated heterocycles. The first-order chi connectivity index (χ1) is 6.56. The average Bonchev–Trinajstić information content (AvgIpc) is 2.09. The van der Waals surface area contributed by atoms with Crippen LogP contribution in [0.15, 0.2) is 0 Å². The van der Waals surface area contributed by atoms with Crippen molar-refractivity contribution in [2.75, 3.05) is 26.7 Å². The van der Waals surface area contributed by atoms with Gasteiger partial charge in [0.1, 0.15) is 6.04 Å². The predicted molar refractivity (Wildman–Crippen MR) is 55.4 cm³/mol. The highest BCUT2D eigenvalue weighted by Gasteiger charge is 2.30. The predicted octanol–water partition coefficient (Wildman–Crippen LogP) is 0.486. The van der Waals surface area contributed by atoms with Gasteiger partial charge in [0.15, 0.2) is 0 Å². The lowest BCUT2D eigenvalue weighted by Crippen LogP contribution is -2.56. The van der Waals surface area contributed by atoms with Crippen LogP contribution in [-0.2, 0) is 4.79 Å². The Bertz CT molecular complexity index is 208. The summed E-state index contributed by atoms with van der Waals surface area (Å²) in [7, 11) is 2.08. The van der Waals surface area contributed by atoms with Gasteiger partial charge in [0, 0.05) is 25.7 Å². The largest absolute Gasteiger partial charge is 0.480 e. The van der Waals surface area contributed by atoms with E-state index < -0.39 is 5.97 Å². The Morgan fingerprint density at radius 1 is 1.57 bits per heavy atom. The van der Waals surface area contributed by atoms with Crippen LogP contribution in [0, 0.1) is 0 Å². The van der Waals surface area contributed by atoms with Crippen molar-refractivity contribution in [1.29, 1.82) is 0 Å². The summed E-state index contributed by atoms with van der Waals surface area (Å²) in [5.74, 6) is -0.691. The standard InChI is InChI=1S/C10H20N2O2/c1-4-9(10(13)14)12-6-5-11(3)7-8(12)2/h8-9H,4-7H2,1-3H3,(H,13,14). The zero-order valence-corrected chi connectivity index (χ0v) is 9.23. The third-order valence-electron chi connectivity index (χ3n) is 2.95. The first kappa shape index (κ1) is 11.5. The molecule has 1 aliphatic heterocycles. The van der Waals surface area contributed by atoms with Crippen LogP contribution < -0.4 is 0 Å². The Kier molecular flexibility index (Phi) is 3.89. The number of aliphatic carboxylic acids is 1. The van der Waals surface area contributed by atoms with Gasteiger partial charge in [-0.3, -0.25) is 9.69 Å². The van der Waals surface area contributed by atoms with Gasteiger partial charge in [-0.1, -0.05) is 6.92 Å². The van der Waals surface area contributed by atoms with E-state index >= 15 is 0 Å². The van der Waals surface area contributed by atoms with Gasteiger partial charge in [-0.15, -0.1) is 0 Å². The normalized spacial score (nSPS) is 27.5. The maximum Gasteiger partial charge on any atom is 0.320 e. The summed E-state index contributed by atoms with van der Waals surface area (Å²) < 4.78 is 0. The zero-order valence-electron chi connectivity index (χ0n) is 9.23. The lowest BCUT2D eigenvalue weighted by Gasteiger charge is -2.41. The van der Waals surface area contributed by atoms with Gasteiger partial charge in [-0.25, -0.2) is 0 Å². The number of likely N-dealkylation sites (N-methyl/N-ethyl adjacent to an activating group) is 1. The minimum Gasteiger partial charge on any atom is -0.480 e. The van der Waals surface area contributed by atoms with Crippen molar-refractivity contribution in [2.24, 2.45) is 0 Å². The smallest absolute Gasteiger partial charge is 0.320 e. The molecule has 0 aliphatic carbocycles. The van der Waals surface area contributed by atoms with Crippen LogP contribution in [0.25, 0.3) is 0 Å². The monoisotopic (exact) mass is 200 g/mol. The number of carboxylic acid groups (broad SMARTS) is 1. The van der Waals surface area contributed by atoms with Crippen molar-refractivity contribution in [3.63, 3.8) is 0 Å². The molecule has 1 heterocycles. The number of hydrogen-bond acceptors (Lipinski definition) is 3. The molecule has 14 heavy (non-hydrogen) atoms. The highest BCUT2D eigenvalue weighted by molar-refractivity contribution is 5.73. The second kappa shape index (κ2) is 4.75. The maximum absolute atomic E-state index is 11.0. The molecule has 0 aromatic rings. The summed E-state index contributed by atoms with van der Waals surface area (Å²) in [5, 5.41) is 9.05. The third-order valence-corrected chi connectivity index (χ3v) is 2.95. The summed E-state index contributed by atoms with van der Waals surface area (Å²) in [6, 6.07) is 0.0356. The summed E-state index contributed by atoms with van der Waals surface area (Å²) in [4.78, 5) is 15.3. The fourth-order valence-corrected chi connectivity index (χ4v) is 2.17. The van der Waals surface area contributed by atoms with Crippen molar-refractivity contribution in [1.82, 2.24) is 9.80 Å². The maximum atomic E-state index is 11.0. The Morgan fingerprint density at radius 3 is 2.64 bits per heavy atom. The Hall–Kier alpha value is -0.610. The highest BCUT2D eigenvalue weighted by atomic mass is 16.4. The van der Waals surface area contributed by atoms with Crippen LogP contribution in [0.5, 0.6) is 0 Å². The van der Waals surface area contributed by atoms with Crippen LogP contribution in [0.4, 0.5) is 0 Å². The minimum absolute atomic E-state index is 0.307. The van der Waals surface area contributed by atoms with Crippen LogP contribution in [0.2, 0.25) is 0 Å². The lowest BCUT2D eigenvalue weighted by molar-refractivity contribution is -0.145. The average molecular weight is 200 g/mol. The van der Waals surface area contributed by atoms with E-state index in [0.29, 0.717) is 12.5 Å². The first-order valence-corrected chi connectivity index (χ1v) is 5.23. The van der Waals surface area contributed by atoms with Gasteiger partial charge in [0.05, 0.1) is 0 Å². The van der Waals surface area contributed by atoms with E-state index in [4.69, 9.17) is 5.11 Å². The Labute approximate surface area is 85.5 Å². The van der Waals surface area contributed by atoms with Crippen LogP contribution in [0.1, 0.15) is 20.3 Å². The van der Waals surface area contributed by atoms with Gasteiger partial charge in [0.2, 0.25) is 0 Å². The molecule has 1 N–H and O–H groups in total. The molecule has 0 spiro atoms. The minimum atomic E-state index is -0.691. The van der Waals surface area contributed by atoms with Gasteiger partial charge in [-0.2, -0.15) is 0 Å². The summed E-state index contributed by atoms with van der Waals surface area (Å²) in [6.07, 6.45) is 0.684. The summed E-state index contributed by atoms with van der Waals surface area (Å²) in [6.45, 7) is 6.82. The van der Waals surface area contributed by atoms with E-state index in [1.165, 1.54) is 0 Å². The van der Waals surface area contributed by atoms with Gasteiger partial charge >= 0.3 is 5.97 Å². The summed E-state index contributed by atoms with van der Waals surface area (Å²) >= 11 is 0. The van der Waals surface area contributed by atoms with E-state index in [1.807, 2.05) is 6.92 Å². The molecular formula is C10H20N2O2. The number of carbonyl (C=O) groups is 1. The molecule has 0 bridgehead atoms. The molecule has 4 heteroatoms. The molecule has 1 aliphatic rings. The van der Waals surface area contributed by atoms with Gasteiger partial charge in [0.25, 0.3) is 0 Å². The fourth-order valence-electron chi connectivity index (χ4n) is 2.17. The SMILES string of the molecule is CCC(C(=O)O)N1CCN(C)CC1C.